The quantitative estimate of drug-likeness (QED) is 0.792. The molecule has 0 saturated heterocycles. The normalized spacial score (nSPS) is 32.7. The number of carbonyl (C=O) groups excluding carboxylic acids is 1. The van der Waals surface area contributed by atoms with Crippen LogP contribution in [0.25, 0.3) is 0 Å². The second kappa shape index (κ2) is 4.46. The summed E-state index contributed by atoms with van der Waals surface area (Å²) in [5.41, 5.74) is -0.567. The Labute approximate surface area is 96.8 Å². The van der Waals surface area contributed by atoms with Gasteiger partial charge in [-0.3, -0.25) is 4.79 Å². The predicted molar refractivity (Wildman–Crippen MR) is 64.9 cm³/mol. The van der Waals surface area contributed by atoms with E-state index < -0.39 is 5.60 Å². The lowest BCUT2D eigenvalue weighted by Gasteiger charge is -2.40. The van der Waals surface area contributed by atoms with Crippen molar-refractivity contribution in [1.29, 1.82) is 0 Å². The molecule has 1 aliphatic carbocycles. The van der Waals surface area contributed by atoms with Crippen molar-refractivity contribution in [2.75, 3.05) is 0 Å². The lowest BCUT2D eigenvalue weighted by molar-refractivity contribution is -0.109. The van der Waals surface area contributed by atoms with Gasteiger partial charge in [0.15, 0.2) is 5.12 Å². The van der Waals surface area contributed by atoms with Crippen LogP contribution in [0.4, 0.5) is 0 Å². The third-order valence-corrected chi connectivity index (χ3v) is 4.62. The summed E-state index contributed by atoms with van der Waals surface area (Å²) in [6, 6.07) is 0. The van der Waals surface area contributed by atoms with Gasteiger partial charge >= 0.3 is 0 Å². The van der Waals surface area contributed by atoms with Crippen LogP contribution in [0.1, 0.15) is 53.4 Å². The summed E-state index contributed by atoms with van der Waals surface area (Å²) >= 11 is 1.47. The zero-order chi connectivity index (χ0) is 11.7. The van der Waals surface area contributed by atoms with Crippen molar-refractivity contribution in [1.82, 2.24) is 0 Å². The molecule has 0 radical (unpaired) electrons. The van der Waals surface area contributed by atoms with Gasteiger partial charge in [0.2, 0.25) is 0 Å². The minimum Gasteiger partial charge on any atom is -0.390 e. The van der Waals surface area contributed by atoms with E-state index in [1.165, 1.54) is 11.8 Å². The minimum absolute atomic E-state index is 0.105. The van der Waals surface area contributed by atoms with Crippen molar-refractivity contribution in [3.8, 4) is 0 Å². The highest BCUT2D eigenvalue weighted by atomic mass is 32.2. The molecule has 1 saturated carbocycles. The summed E-state index contributed by atoms with van der Waals surface area (Å²) in [6.45, 7) is 7.58. The first-order valence-corrected chi connectivity index (χ1v) is 6.46. The van der Waals surface area contributed by atoms with Crippen molar-refractivity contribution in [2.24, 2.45) is 5.92 Å². The Morgan fingerprint density at radius 1 is 1.40 bits per heavy atom. The molecule has 2 nitrogen and oxygen atoms in total. The average Bonchev–Trinajstić information content (AvgIpc) is 2.00. The Kier molecular flexibility index (Phi) is 3.88. The minimum atomic E-state index is -0.567. The molecule has 0 heterocycles. The molecule has 0 amide bonds. The molecule has 1 aliphatic rings. The summed E-state index contributed by atoms with van der Waals surface area (Å²) in [7, 11) is 0. The molecule has 0 spiro atoms. The van der Waals surface area contributed by atoms with Crippen LogP contribution in [0, 0.1) is 5.92 Å². The Hall–Kier alpha value is -0.0200. The van der Waals surface area contributed by atoms with E-state index in [0.29, 0.717) is 5.92 Å². The summed E-state index contributed by atoms with van der Waals surface area (Å²) < 4.78 is 0.105. The highest BCUT2D eigenvalue weighted by Crippen LogP contribution is 2.44. The van der Waals surface area contributed by atoms with Crippen molar-refractivity contribution in [3.63, 3.8) is 0 Å². The topological polar surface area (TPSA) is 37.3 Å². The SMILES string of the molecule is CC(=O)SC1(C)CCC(C(C)(C)O)CC1. The zero-order valence-corrected chi connectivity index (χ0v) is 11.0. The Bertz CT molecular complexity index is 234. The second-order valence-electron chi connectivity index (χ2n) is 5.47. The van der Waals surface area contributed by atoms with Crippen LogP contribution >= 0.6 is 11.8 Å². The van der Waals surface area contributed by atoms with Gasteiger partial charge in [-0.25, -0.2) is 0 Å². The fraction of sp³-hybridized carbons (Fsp3) is 0.917. The van der Waals surface area contributed by atoms with E-state index in [9.17, 15) is 9.90 Å². The molecule has 1 N–H and O–H groups in total. The standard InChI is InChI=1S/C12H22O2S/c1-9(13)15-12(4)7-5-10(6-8-12)11(2,3)14/h10,14H,5-8H2,1-4H3. The molecule has 1 fully saturated rings. The van der Waals surface area contributed by atoms with Crippen molar-refractivity contribution in [3.05, 3.63) is 0 Å². The third kappa shape index (κ3) is 3.80. The van der Waals surface area contributed by atoms with Gasteiger partial charge in [-0.1, -0.05) is 11.8 Å². The Balaban J connectivity index is 2.51. The fourth-order valence-corrected chi connectivity index (χ4v) is 3.52. The molecule has 3 heteroatoms. The van der Waals surface area contributed by atoms with Gasteiger partial charge in [0, 0.05) is 11.7 Å². The molecule has 0 unspecified atom stereocenters. The van der Waals surface area contributed by atoms with Crippen molar-refractivity contribution >= 4 is 16.9 Å². The van der Waals surface area contributed by atoms with Gasteiger partial charge in [0.05, 0.1) is 5.60 Å². The number of hydrogen-bond donors (Lipinski definition) is 1. The largest absolute Gasteiger partial charge is 0.390 e. The predicted octanol–water partition coefficient (Wildman–Crippen LogP) is 2.99. The number of aliphatic hydroxyl groups is 1. The van der Waals surface area contributed by atoms with E-state index >= 15 is 0 Å². The van der Waals surface area contributed by atoms with E-state index in [1.807, 2.05) is 13.8 Å². The maximum atomic E-state index is 11.1. The van der Waals surface area contributed by atoms with Crippen LogP contribution in [0.5, 0.6) is 0 Å². The number of rotatable bonds is 2. The lowest BCUT2D eigenvalue weighted by Crippen LogP contribution is -2.38. The Morgan fingerprint density at radius 2 is 1.87 bits per heavy atom. The summed E-state index contributed by atoms with van der Waals surface area (Å²) in [5, 5.41) is 10.1. The van der Waals surface area contributed by atoms with Gasteiger partial charge in [0.25, 0.3) is 0 Å². The first-order valence-electron chi connectivity index (χ1n) is 5.65. The first kappa shape index (κ1) is 13.0. The van der Waals surface area contributed by atoms with Gasteiger partial charge in [-0.05, 0) is 52.4 Å². The average molecular weight is 230 g/mol. The van der Waals surface area contributed by atoms with Crippen LogP contribution < -0.4 is 0 Å². The van der Waals surface area contributed by atoms with E-state index in [-0.39, 0.29) is 9.86 Å². The molecule has 0 bridgehead atoms. The molecule has 1 rings (SSSR count). The highest BCUT2D eigenvalue weighted by Gasteiger charge is 2.37. The van der Waals surface area contributed by atoms with E-state index in [0.717, 1.165) is 25.7 Å². The summed E-state index contributed by atoms with van der Waals surface area (Å²) in [6.07, 6.45) is 4.12. The zero-order valence-electron chi connectivity index (χ0n) is 10.2. The molecule has 0 atom stereocenters. The van der Waals surface area contributed by atoms with Gasteiger partial charge in [0.1, 0.15) is 0 Å². The van der Waals surface area contributed by atoms with Gasteiger partial charge in [-0.15, -0.1) is 0 Å². The van der Waals surface area contributed by atoms with Gasteiger partial charge in [-0.2, -0.15) is 0 Å². The molecule has 0 aromatic heterocycles. The van der Waals surface area contributed by atoms with Gasteiger partial charge < -0.3 is 5.11 Å². The van der Waals surface area contributed by atoms with Crippen LogP contribution in [-0.4, -0.2) is 20.6 Å². The molecular formula is C12H22O2S. The highest BCUT2D eigenvalue weighted by molar-refractivity contribution is 8.14. The smallest absolute Gasteiger partial charge is 0.186 e. The molecule has 0 aromatic rings. The van der Waals surface area contributed by atoms with E-state index in [1.54, 1.807) is 6.92 Å². The van der Waals surface area contributed by atoms with Crippen LogP contribution in [0.15, 0.2) is 0 Å². The number of hydrogen-bond acceptors (Lipinski definition) is 3. The number of thioether (sulfide) groups is 1. The van der Waals surface area contributed by atoms with Crippen LogP contribution in [0.2, 0.25) is 0 Å². The lowest BCUT2D eigenvalue weighted by atomic mass is 9.75. The summed E-state index contributed by atoms with van der Waals surface area (Å²) in [4.78, 5) is 11.1. The van der Waals surface area contributed by atoms with Crippen molar-refractivity contribution in [2.45, 2.75) is 63.7 Å². The third-order valence-electron chi connectivity index (χ3n) is 3.43. The molecule has 88 valence electrons. The summed E-state index contributed by atoms with van der Waals surface area (Å²) in [5.74, 6) is 0.387. The number of carbonyl (C=O) groups is 1. The van der Waals surface area contributed by atoms with E-state index in [2.05, 4.69) is 6.92 Å². The molecular weight excluding hydrogens is 208 g/mol. The first-order chi connectivity index (χ1) is 6.73. The van der Waals surface area contributed by atoms with Crippen LogP contribution in [-0.2, 0) is 4.79 Å². The monoisotopic (exact) mass is 230 g/mol. The fourth-order valence-electron chi connectivity index (χ4n) is 2.38. The van der Waals surface area contributed by atoms with Crippen molar-refractivity contribution < 1.29 is 9.90 Å². The molecule has 0 aromatic carbocycles. The Morgan fingerprint density at radius 3 is 2.20 bits per heavy atom. The molecule has 0 aliphatic heterocycles. The molecule has 15 heavy (non-hydrogen) atoms. The maximum absolute atomic E-state index is 11.1. The second-order valence-corrected chi connectivity index (χ2v) is 7.24. The van der Waals surface area contributed by atoms with Crippen LogP contribution in [0.3, 0.4) is 0 Å². The maximum Gasteiger partial charge on any atom is 0.186 e. The van der Waals surface area contributed by atoms with E-state index in [4.69, 9.17) is 0 Å².